The molecule has 7 nitrogen and oxygen atoms in total. The Bertz CT molecular complexity index is 565. The summed E-state index contributed by atoms with van der Waals surface area (Å²) in [5, 5.41) is 5.90. The van der Waals surface area contributed by atoms with Crippen LogP contribution in [-0.4, -0.2) is 61.6 Å². The van der Waals surface area contributed by atoms with Crippen molar-refractivity contribution in [2.45, 2.75) is 19.8 Å². The molecule has 2 N–H and O–H groups in total. The highest BCUT2D eigenvalue weighted by molar-refractivity contribution is 5.92. The van der Waals surface area contributed by atoms with E-state index in [0.29, 0.717) is 32.1 Å². The molecule has 1 aromatic heterocycles. The molecule has 1 fully saturated rings. The first-order chi connectivity index (χ1) is 11.6. The number of rotatable bonds is 7. The van der Waals surface area contributed by atoms with Gasteiger partial charge >= 0.3 is 0 Å². The molecule has 1 unspecified atom stereocenters. The van der Waals surface area contributed by atoms with Gasteiger partial charge in [0.25, 0.3) is 0 Å². The van der Waals surface area contributed by atoms with Crippen molar-refractivity contribution in [3.63, 3.8) is 0 Å². The molecule has 7 heteroatoms. The van der Waals surface area contributed by atoms with Crippen LogP contribution in [0.5, 0.6) is 0 Å². The Morgan fingerprint density at radius 3 is 3.00 bits per heavy atom. The highest BCUT2D eigenvalue weighted by Crippen LogP contribution is 2.18. The van der Waals surface area contributed by atoms with E-state index in [0.717, 1.165) is 18.5 Å². The Labute approximate surface area is 142 Å². The number of methoxy groups -OCH3 is 1. The molecule has 132 valence electrons. The summed E-state index contributed by atoms with van der Waals surface area (Å²) in [7, 11) is 1.63. The number of piperidine rings is 1. The zero-order chi connectivity index (χ0) is 17.4. The molecule has 2 amide bonds. The fraction of sp³-hybridized carbons (Fsp3) is 0.588. The van der Waals surface area contributed by atoms with Crippen molar-refractivity contribution < 1.29 is 14.3 Å². The van der Waals surface area contributed by atoms with Gasteiger partial charge in [0, 0.05) is 32.4 Å². The number of pyridine rings is 1. The first-order valence-electron chi connectivity index (χ1n) is 8.32. The van der Waals surface area contributed by atoms with E-state index < -0.39 is 0 Å². The maximum atomic E-state index is 12.4. The second kappa shape index (κ2) is 9.34. The second-order valence-corrected chi connectivity index (χ2v) is 6.00. The Morgan fingerprint density at radius 2 is 2.25 bits per heavy atom. The fourth-order valence-corrected chi connectivity index (χ4v) is 2.74. The van der Waals surface area contributed by atoms with Crippen LogP contribution in [0.25, 0.3) is 0 Å². The molecule has 0 bridgehead atoms. The number of hydrogen-bond acceptors (Lipinski definition) is 5. The first kappa shape index (κ1) is 18.4. The van der Waals surface area contributed by atoms with E-state index >= 15 is 0 Å². The summed E-state index contributed by atoms with van der Waals surface area (Å²) in [6, 6.07) is 5.52. The van der Waals surface area contributed by atoms with E-state index in [1.165, 1.54) is 0 Å². The Hall–Kier alpha value is -1.99. The lowest BCUT2D eigenvalue weighted by atomic mass is 9.97. The highest BCUT2D eigenvalue weighted by atomic mass is 16.5. The average Bonchev–Trinajstić information content (AvgIpc) is 2.58. The maximum Gasteiger partial charge on any atom is 0.236 e. The molecule has 2 rings (SSSR count). The van der Waals surface area contributed by atoms with Crippen LogP contribution in [0.2, 0.25) is 0 Å². The predicted octanol–water partition coefficient (Wildman–Crippen LogP) is 0.803. The van der Waals surface area contributed by atoms with Crippen molar-refractivity contribution in [1.29, 1.82) is 0 Å². The standard InChI is InChI=1S/C17H26N4O3/c1-13-5-3-7-15(19-13)20-17(23)14-6-4-9-21(12-14)16(22)11-18-8-10-24-2/h3,5,7,14,18H,4,6,8-12H2,1-2H3,(H,19,20,23). The van der Waals surface area contributed by atoms with Crippen LogP contribution in [0.4, 0.5) is 5.82 Å². The SMILES string of the molecule is COCCNCC(=O)N1CCCC(C(=O)Nc2cccc(C)n2)C1. The van der Waals surface area contributed by atoms with Gasteiger partial charge in [0.15, 0.2) is 0 Å². The number of nitrogens with one attached hydrogen (secondary N) is 2. The molecular formula is C17H26N4O3. The Kier molecular flexibility index (Phi) is 7.14. The summed E-state index contributed by atoms with van der Waals surface area (Å²) in [6.07, 6.45) is 1.63. The summed E-state index contributed by atoms with van der Waals surface area (Å²) >= 11 is 0. The lowest BCUT2D eigenvalue weighted by molar-refractivity contribution is -0.133. The molecule has 0 aromatic carbocycles. The topological polar surface area (TPSA) is 83.6 Å². The lowest BCUT2D eigenvalue weighted by Gasteiger charge is -2.32. The molecule has 1 aliphatic heterocycles. The molecule has 0 radical (unpaired) electrons. The number of nitrogens with zero attached hydrogens (tertiary/aromatic N) is 2. The number of hydrogen-bond donors (Lipinski definition) is 2. The third-order valence-corrected chi connectivity index (χ3v) is 4.04. The number of aryl methyl sites for hydroxylation is 1. The summed E-state index contributed by atoms with van der Waals surface area (Å²) in [4.78, 5) is 30.7. The molecule has 1 atom stereocenters. The molecule has 2 heterocycles. The van der Waals surface area contributed by atoms with Crippen LogP contribution in [0.1, 0.15) is 18.5 Å². The van der Waals surface area contributed by atoms with Gasteiger partial charge in [-0.3, -0.25) is 9.59 Å². The van der Waals surface area contributed by atoms with E-state index in [-0.39, 0.29) is 24.3 Å². The summed E-state index contributed by atoms with van der Waals surface area (Å²) in [5.74, 6) is 0.323. The van der Waals surface area contributed by atoms with Gasteiger partial charge in [-0.25, -0.2) is 4.98 Å². The minimum absolute atomic E-state index is 0.0253. The van der Waals surface area contributed by atoms with Crippen LogP contribution in [0.15, 0.2) is 18.2 Å². The van der Waals surface area contributed by atoms with Gasteiger partial charge in [0.05, 0.1) is 19.1 Å². The van der Waals surface area contributed by atoms with E-state index in [1.54, 1.807) is 18.1 Å². The van der Waals surface area contributed by atoms with Gasteiger partial charge < -0.3 is 20.3 Å². The third-order valence-electron chi connectivity index (χ3n) is 4.04. The highest BCUT2D eigenvalue weighted by Gasteiger charge is 2.28. The average molecular weight is 334 g/mol. The van der Waals surface area contributed by atoms with Gasteiger partial charge in [0.1, 0.15) is 5.82 Å². The van der Waals surface area contributed by atoms with Crippen LogP contribution < -0.4 is 10.6 Å². The van der Waals surface area contributed by atoms with E-state index in [2.05, 4.69) is 15.6 Å². The van der Waals surface area contributed by atoms with Gasteiger partial charge in [0.2, 0.25) is 11.8 Å². The summed E-state index contributed by atoms with van der Waals surface area (Å²) in [6.45, 7) is 4.53. The van der Waals surface area contributed by atoms with Gasteiger partial charge in [-0.05, 0) is 31.9 Å². The van der Waals surface area contributed by atoms with Crippen molar-refractivity contribution >= 4 is 17.6 Å². The third kappa shape index (κ3) is 5.58. The van der Waals surface area contributed by atoms with E-state index in [9.17, 15) is 9.59 Å². The summed E-state index contributed by atoms with van der Waals surface area (Å²) < 4.78 is 4.94. The number of ether oxygens (including phenoxy) is 1. The molecule has 0 saturated carbocycles. The normalized spacial score (nSPS) is 17.6. The van der Waals surface area contributed by atoms with Crippen LogP contribution >= 0.6 is 0 Å². The number of aromatic nitrogens is 1. The number of anilines is 1. The number of carbonyl (C=O) groups is 2. The quantitative estimate of drug-likeness (QED) is 0.721. The lowest BCUT2D eigenvalue weighted by Crippen LogP contribution is -2.47. The molecule has 0 spiro atoms. The van der Waals surface area contributed by atoms with Crippen molar-refractivity contribution in [2.24, 2.45) is 5.92 Å². The second-order valence-electron chi connectivity index (χ2n) is 6.00. The van der Waals surface area contributed by atoms with Gasteiger partial charge in [-0.1, -0.05) is 6.07 Å². The number of amides is 2. The smallest absolute Gasteiger partial charge is 0.236 e. The fourth-order valence-electron chi connectivity index (χ4n) is 2.74. The molecule has 1 aliphatic rings. The van der Waals surface area contributed by atoms with E-state index in [1.807, 2.05) is 19.1 Å². The Morgan fingerprint density at radius 1 is 1.42 bits per heavy atom. The van der Waals surface area contributed by atoms with Crippen molar-refractivity contribution in [2.75, 3.05) is 45.2 Å². The largest absolute Gasteiger partial charge is 0.383 e. The molecule has 1 saturated heterocycles. The van der Waals surface area contributed by atoms with Crippen molar-refractivity contribution in [3.05, 3.63) is 23.9 Å². The van der Waals surface area contributed by atoms with Gasteiger partial charge in [-0.2, -0.15) is 0 Å². The molecular weight excluding hydrogens is 308 g/mol. The monoisotopic (exact) mass is 334 g/mol. The van der Waals surface area contributed by atoms with Crippen molar-refractivity contribution in [1.82, 2.24) is 15.2 Å². The van der Waals surface area contributed by atoms with E-state index in [4.69, 9.17) is 4.74 Å². The number of carbonyl (C=O) groups excluding carboxylic acids is 2. The van der Waals surface area contributed by atoms with Crippen LogP contribution in [0.3, 0.4) is 0 Å². The first-order valence-corrected chi connectivity index (χ1v) is 8.32. The molecule has 24 heavy (non-hydrogen) atoms. The minimum Gasteiger partial charge on any atom is -0.383 e. The number of likely N-dealkylation sites (tertiary alicyclic amines) is 1. The van der Waals surface area contributed by atoms with Crippen LogP contribution in [0, 0.1) is 12.8 Å². The Balaban J connectivity index is 1.83. The predicted molar refractivity (Wildman–Crippen MR) is 91.7 cm³/mol. The summed E-state index contributed by atoms with van der Waals surface area (Å²) in [5.41, 5.74) is 0.857. The molecule has 0 aliphatic carbocycles. The zero-order valence-corrected chi connectivity index (χ0v) is 14.4. The minimum atomic E-state index is -0.191. The van der Waals surface area contributed by atoms with Gasteiger partial charge in [-0.15, -0.1) is 0 Å². The zero-order valence-electron chi connectivity index (χ0n) is 14.4. The molecule has 1 aromatic rings. The van der Waals surface area contributed by atoms with Crippen molar-refractivity contribution in [3.8, 4) is 0 Å². The van der Waals surface area contributed by atoms with Crippen LogP contribution in [-0.2, 0) is 14.3 Å². The maximum absolute atomic E-state index is 12.4.